The second-order valence-corrected chi connectivity index (χ2v) is 4.43. The number of allylic oxidation sites excluding steroid dienone is 1. The van der Waals surface area contributed by atoms with Crippen LogP contribution in [0, 0.1) is 0 Å². The molecule has 0 aromatic carbocycles. The van der Waals surface area contributed by atoms with E-state index in [0.717, 1.165) is 17.8 Å². The van der Waals surface area contributed by atoms with E-state index in [9.17, 15) is 0 Å². The average molecular weight is 180 g/mol. The summed E-state index contributed by atoms with van der Waals surface area (Å²) in [5.74, 6) is 0.872. The van der Waals surface area contributed by atoms with Crippen molar-refractivity contribution < 1.29 is 4.74 Å². The Bertz CT molecular complexity index is 209. The highest BCUT2D eigenvalue weighted by Gasteiger charge is 2.30. The van der Waals surface area contributed by atoms with Gasteiger partial charge >= 0.3 is 0 Å². The Morgan fingerprint density at radius 2 is 1.85 bits per heavy atom. The standard InChI is InChI=1S/C12H20O/c1-10(2)9-11(3)13-12(4)7-5-6-8-12/h1,3,5-9H2,2,4H3. The molecule has 0 atom stereocenters. The maximum Gasteiger partial charge on any atom is 0.106 e. The van der Waals surface area contributed by atoms with Crippen LogP contribution < -0.4 is 0 Å². The Balaban J connectivity index is 2.38. The van der Waals surface area contributed by atoms with Crippen molar-refractivity contribution in [1.82, 2.24) is 0 Å². The fraction of sp³-hybridized carbons (Fsp3) is 0.667. The molecule has 74 valence electrons. The lowest BCUT2D eigenvalue weighted by Crippen LogP contribution is -2.23. The normalized spacial score (nSPS) is 19.8. The lowest BCUT2D eigenvalue weighted by Gasteiger charge is -2.26. The molecule has 0 N–H and O–H groups in total. The minimum absolute atomic E-state index is 0.0620. The Kier molecular flexibility index (Phi) is 3.18. The first-order valence-corrected chi connectivity index (χ1v) is 5.03. The maximum atomic E-state index is 5.85. The van der Waals surface area contributed by atoms with E-state index in [1.165, 1.54) is 25.7 Å². The highest BCUT2D eigenvalue weighted by atomic mass is 16.5. The summed E-state index contributed by atoms with van der Waals surface area (Å²) in [5.41, 5.74) is 1.18. The second kappa shape index (κ2) is 3.99. The van der Waals surface area contributed by atoms with Gasteiger partial charge in [0.1, 0.15) is 5.60 Å². The molecular formula is C12H20O. The summed E-state index contributed by atoms with van der Waals surface area (Å²) in [6.07, 6.45) is 5.72. The average Bonchev–Trinajstić information content (AvgIpc) is 2.33. The summed E-state index contributed by atoms with van der Waals surface area (Å²) in [7, 11) is 0. The summed E-state index contributed by atoms with van der Waals surface area (Å²) in [6.45, 7) is 12.0. The number of hydrogen-bond donors (Lipinski definition) is 0. The molecule has 0 spiro atoms. The highest BCUT2D eigenvalue weighted by Crippen LogP contribution is 2.34. The van der Waals surface area contributed by atoms with Gasteiger partial charge in [-0.2, -0.15) is 0 Å². The zero-order valence-corrected chi connectivity index (χ0v) is 8.86. The van der Waals surface area contributed by atoms with Crippen molar-refractivity contribution >= 4 is 0 Å². The van der Waals surface area contributed by atoms with E-state index >= 15 is 0 Å². The molecule has 1 rings (SSSR count). The van der Waals surface area contributed by atoms with Gasteiger partial charge in [-0.3, -0.25) is 0 Å². The van der Waals surface area contributed by atoms with Crippen LogP contribution in [0.25, 0.3) is 0 Å². The van der Waals surface area contributed by atoms with Gasteiger partial charge in [-0.15, -0.1) is 0 Å². The molecule has 0 aromatic heterocycles. The first-order valence-electron chi connectivity index (χ1n) is 5.03. The smallest absolute Gasteiger partial charge is 0.106 e. The van der Waals surface area contributed by atoms with Crippen LogP contribution in [-0.4, -0.2) is 5.60 Å². The van der Waals surface area contributed by atoms with Crippen LogP contribution in [0.3, 0.4) is 0 Å². The molecule has 0 aromatic rings. The van der Waals surface area contributed by atoms with Crippen LogP contribution in [0.5, 0.6) is 0 Å². The maximum absolute atomic E-state index is 5.85. The minimum atomic E-state index is 0.0620. The van der Waals surface area contributed by atoms with Crippen LogP contribution in [0.1, 0.15) is 46.0 Å². The number of ether oxygens (including phenoxy) is 1. The van der Waals surface area contributed by atoms with Crippen molar-refractivity contribution in [2.75, 3.05) is 0 Å². The van der Waals surface area contributed by atoms with E-state index in [1.807, 2.05) is 6.92 Å². The van der Waals surface area contributed by atoms with E-state index in [4.69, 9.17) is 4.74 Å². The fourth-order valence-electron chi connectivity index (χ4n) is 1.95. The topological polar surface area (TPSA) is 9.23 Å². The van der Waals surface area contributed by atoms with E-state index in [0.29, 0.717) is 0 Å². The van der Waals surface area contributed by atoms with Gasteiger partial charge in [0.15, 0.2) is 0 Å². The van der Waals surface area contributed by atoms with Crippen molar-refractivity contribution in [3.05, 3.63) is 24.5 Å². The quantitative estimate of drug-likeness (QED) is 0.472. The Morgan fingerprint density at radius 3 is 2.31 bits per heavy atom. The highest BCUT2D eigenvalue weighted by molar-refractivity contribution is 5.03. The molecule has 0 heterocycles. The lowest BCUT2D eigenvalue weighted by molar-refractivity contribution is 0.0226. The molecule has 0 unspecified atom stereocenters. The summed E-state index contributed by atoms with van der Waals surface area (Å²) < 4.78 is 5.85. The molecule has 1 heteroatoms. The van der Waals surface area contributed by atoms with Crippen molar-refractivity contribution in [1.29, 1.82) is 0 Å². The summed E-state index contributed by atoms with van der Waals surface area (Å²) in [6, 6.07) is 0. The molecule has 1 nitrogen and oxygen atoms in total. The van der Waals surface area contributed by atoms with E-state index in [-0.39, 0.29) is 5.60 Å². The van der Waals surface area contributed by atoms with E-state index < -0.39 is 0 Å². The first kappa shape index (κ1) is 10.4. The molecule has 0 amide bonds. The Hall–Kier alpha value is -0.720. The van der Waals surface area contributed by atoms with Gasteiger partial charge in [0, 0.05) is 6.42 Å². The van der Waals surface area contributed by atoms with Gasteiger partial charge < -0.3 is 4.74 Å². The van der Waals surface area contributed by atoms with Gasteiger partial charge in [-0.05, 0) is 39.5 Å². The third-order valence-corrected chi connectivity index (χ3v) is 2.55. The largest absolute Gasteiger partial charge is 0.492 e. The predicted molar refractivity (Wildman–Crippen MR) is 56.5 cm³/mol. The zero-order valence-electron chi connectivity index (χ0n) is 8.86. The minimum Gasteiger partial charge on any atom is -0.492 e. The van der Waals surface area contributed by atoms with E-state index in [1.54, 1.807) is 0 Å². The van der Waals surface area contributed by atoms with Crippen molar-refractivity contribution in [2.45, 2.75) is 51.6 Å². The predicted octanol–water partition coefficient (Wildman–Crippen LogP) is 3.82. The summed E-state index contributed by atoms with van der Waals surface area (Å²) in [4.78, 5) is 0. The molecule has 1 aliphatic rings. The van der Waals surface area contributed by atoms with Crippen LogP contribution in [-0.2, 0) is 4.74 Å². The van der Waals surface area contributed by atoms with Gasteiger partial charge in [0.05, 0.1) is 5.76 Å². The summed E-state index contributed by atoms with van der Waals surface area (Å²) in [5, 5.41) is 0. The van der Waals surface area contributed by atoms with Crippen LogP contribution in [0.4, 0.5) is 0 Å². The molecule has 1 fully saturated rings. The van der Waals surface area contributed by atoms with Gasteiger partial charge in [-0.25, -0.2) is 0 Å². The van der Waals surface area contributed by atoms with Gasteiger partial charge in [0.2, 0.25) is 0 Å². The van der Waals surface area contributed by atoms with Crippen LogP contribution in [0.15, 0.2) is 24.5 Å². The molecule has 1 saturated carbocycles. The Morgan fingerprint density at radius 1 is 1.31 bits per heavy atom. The SMILES string of the molecule is C=C(C)CC(=C)OC1(C)CCCC1. The molecule has 0 radical (unpaired) electrons. The van der Waals surface area contributed by atoms with Crippen molar-refractivity contribution in [3.63, 3.8) is 0 Å². The van der Waals surface area contributed by atoms with Gasteiger partial charge in [0.25, 0.3) is 0 Å². The molecule has 13 heavy (non-hydrogen) atoms. The third-order valence-electron chi connectivity index (χ3n) is 2.55. The van der Waals surface area contributed by atoms with Crippen molar-refractivity contribution in [3.8, 4) is 0 Å². The van der Waals surface area contributed by atoms with Crippen molar-refractivity contribution in [2.24, 2.45) is 0 Å². The lowest BCUT2D eigenvalue weighted by atomic mass is 10.1. The van der Waals surface area contributed by atoms with Crippen LogP contribution in [0.2, 0.25) is 0 Å². The molecular weight excluding hydrogens is 160 g/mol. The van der Waals surface area contributed by atoms with Gasteiger partial charge in [-0.1, -0.05) is 18.7 Å². The molecule has 0 aliphatic heterocycles. The number of rotatable bonds is 4. The number of hydrogen-bond acceptors (Lipinski definition) is 1. The molecule has 0 bridgehead atoms. The zero-order chi connectivity index (χ0) is 9.90. The first-order chi connectivity index (χ1) is 6.02. The van der Waals surface area contributed by atoms with E-state index in [2.05, 4.69) is 20.1 Å². The second-order valence-electron chi connectivity index (χ2n) is 4.43. The molecule has 0 saturated heterocycles. The molecule has 1 aliphatic carbocycles. The third kappa shape index (κ3) is 3.25. The monoisotopic (exact) mass is 180 g/mol. The summed E-state index contributed by atoms with van der Waals surface area (Å²) >= 11 is 0. The van der Waals surface area contributed by atoms with Crippen LogP contribution >= 0.6 is 0 Å². The Labute approximate surface area is 81.5 Å². The fourth-order valence-corrected chi connectivity index (χ4v) is 1.95.